The van der Waals surface area contributed by atoms with E-state index in [1.165, 1.54) is 12.1 Å². The predicted molar refractivity (Wildman–Crippen MR) is 85.8 cm³/mol. The molecule has 0 aromatic heterocycles. The van der Waals surface area contributed by atoms with Crippen molar-refractivity contribution in [1.82, 2.24) is 5.32 Å². The highest BCUT2D eigenvalue weighted by Gasteiger charge is 2.11. The fraction of sp³-hybridized carbons (Fsp3) is 0.533. The molecule has 0 heterocycles. The summed E-state index contributed by atoms with van der Waals surface area (Å²) < 4.78 is 0. The lowest BCUT2D eigenvalue weighted by Gasteiger charge is -2.16. The summed E-state index contributed by atoms with van der Waals surface area (Å²) in [6, 6.07) is 6.10. The number of benzene rings is 1. The van der Waals surface area contributed by atoms with Crippen molar-refractivity contribution in [1.29, 1.82) is 0 Å². The lowest BCUT2D eigenvalue weighted by Crippen LogP contribution is -2.94. The van der Waals surface area contributed by atoms with Gasteiger partial charge in [0.2, 0.25) is 5.91 Å². The Morgan fingerprint density at radius 1 is 1.36 bits per heavy atom. The molecule has 0 fully saturated rings. The van der Waals surface area contributed by atoms with Gasteiger partial charge in [0.05, 0.1) is 23.6 Å². The standard InChI is InChI=1S/C15H24N4O3/c1-15(2,3)18-9-5-8-16-14(20)11-17-12-6-4-7-13(10-12)19(21)22/h4,6-7,10,17-18H,5,8-9,11H2,1-3H3,(H,16,20)/p+1. The van der Waals surface area contributed by atoms with E-state index in [0.717, 1.165) is 13.0 Å². The third-order valence-electron chi connectivity index (χ3n) is 2.97. The van der Waals surface area contributed by atoms with Crippen LogP contribution < -0.4 is 16.0 Å². The molecule has 0 saturated carbocycles. The Hall–Kier alpha value is -2.15. The van der Waals surface area contributed by atoms with E-state index in [2.05, 4.69) is 36.7 Å². The van der Waals surface area contributed by atoms with E-state index in [4.69, 9.17) is 0 Å². The number of carbonyl (C=O) groups is 1. The highest BCUT2D eigenvalue weighted by molar-refractivity contribution is 5.80. The van der Waals surface area contributed by atoms with Crippen molar-refractivity contribution in [3.05, 3.63) is 34.4 Å². The van der Waals surface area contributed by atoms with Crippen LogP contribution >= 0.6 is 0 Å². The topological polar surface area (TPSA) is 101 Å². The highest BCUT2D eigenvalue weighted by atomic mass is 16.6. The van der Waals surface area contributed by atoms with Gasteiger partial charge in [-0.05, 0) is 26.8 Å². The molecule has 1 amide bonds. The molecule has 0 bridgehead atoms. The maximum Gasteiger partial charge on any atom is 0.271 e. The molecule has 1 aromatic carbocycles. The zero-order valence-electron chi connectivity index (χ0n) is 13.4. The molecule has 0 radical (unpaired) electrons. The Balaban J connectivity index is 2.23. The molecular weight excluding hydrogens is 284 g/mol. The summed E-state index contributed by atoms with van der Waals surface area (Å²) in [4.78, 5) is 21.9. The van der Waals surface area contributed by atoms with E-state index >= 15 is 0 Å². The third kappa shape index (κ3) is 7.58. The van der Waals surface area contributed by atoms with Crippen LogP contribution in [-0.2, 0) is 4.79 Å². The molecule has 122 valence electrons. The third-order valence-corrected chi connectivity index (χ3v) is 2.97. The van der Waals surface area contributed by atoms with E-state index in [-0.39, 0.29) is 23.7 Å². The first-order valence-corrected chi connectivity index (χ1v) is 7.37. The average Bonchev–Trinajstić information content (AvgIpc) is 2.44. The summed E-state index contributed by atoms with van der Waals surface area (Å²) in [5, 5.41) is 18.6. The minimum atomic E-state index is -0.461. The van der Waals surface area contributed by atoms with Gasteiger partial charge in [0, 0.05) is 30.8 Å². The number of quaternary nitrogens is 1. The van der Waals surface area contributed by atoms with Gasteiger partial charge in [0.25, 0.3) is 5.69 Å². The maximum absolute atomic E-state index is 11.7. The SMILES string of the molecule is CC(C)(C)[NH2+]CCCNC(=O)CNc1cccc([N+](=O)[O-])c1. The molecule has 7 heteroatoms. The van der Waals surface area contributed by atoms with Crippen LogP contribution in [0.25, 0.3) is 0 Å². The molecule has 0 aliphatic heterocycles. The van der Waals surface area contributed by atoms with Crippen LogP contribution in [-0.4, -0.2) is 36.0 Å². The quantitative estimate of drug-likeness (QED) is 0.377. The molecule has 22 heavy (non-hydrogen) atoms. The lowest BCUT2D eigenvalue weighted by molar-refractivity contribution is -0.717. The number of anilines is 1. The molecule has 0 aliphatic carbocycles. The van der Waals surface area contributed by atoms with Crippen molar-refractivity contribution < 1.29 is 15.0 Å². The van der Waals surface area contributed by atoms with Gasteiger partial charge in [-0.2, -0.15) is 0 Å². The monoisotopic (exact) mass is 309 g/mol. The molecule has 4 N–H and O–H groups in total. The second-order valence-corrected chi connectivity index (χ2v) is 6.22. The molecule has 7 nitrogen and oxygen atoms in total. The van der Waals surface area contributed by atoms with Gasteiger partial charge < -0.3 is 16.0 Å². The Morgan fingerprint density at radius 2 is 2.09 bits per heavy atom. The Bertz CT molecular complexity index is 512. The van der Waals surface area contributed by atoms with Crippen molar-refractivity contribution in [3.8, 4) is 0 Å². The second kappa shape index (κ2) is 8.33. The molecular formula is C15H25N4O3+. The highest BCUT2D eigenvalue weighted by Crippen LogP contribution is 2.16. The minimum Gasteiger partial charge on any atom is -0.376 e. The zero-order valence-corrected chi connectivity index (χ0v) is 13.4. The fourth-order valence-electron chi connectivity index (χ4n) is 1.84. The van der Waals surface area contributed by atoms with Crippen molar-refractivity contribution >= 4 is 17.3 Å². The van der Waals surface area contributed by atoms with Gasteiger partial charge in [-0.1, -0.05) is 6.07 Å². The van der Waals surface area contributed by atoms with E-state index < -0.39 is 4.92 Å². The number of nitrogens with zero attached hydrogens (tertiary/aromatic N) is 1. The van der Waals surface area contributed by atoms with E-state index in [1.807, 2.05) is 0 Å². The molecule has 1 aromatic rings. The van der Waals surface area contributed by atoms with Crippen molar-refractivity contribution in [2.75, 3.05) is 25.0 Å². The van der Waals surface area contributed by atoms with Crippen LogP contribution in [0.1, 0.15) is 27.2 Å². The largest absolute Gasteiger partial charge is 0.376 e. The Labute approximate surface area is 130 Å². The number of nitrogens with two attached hydrogens (primary N) is 1. The number of non-ortho nitro benzene ring substituents is 1. The van der Waals surface area contributed by atoms with E-state index in [0.29, 0.717) is 12.2 Å². The number of hydrogen-bond donors (Lipinski definition) is 3. The molecule has 0 unspecified atom stereocenters. The van der Waals surface area contributed by atoms with Gasteiger partial charge in [0.1, 0.15) is 0 Å². The van der Waals surface area contributed by atoms with Crippen LogP contribution in [0.4, 0.5) is 11.4 Å². The average molecular weight is 309 g/mol. The first-order chi connectivity index (χ1) is 10.3. The summed E-state index contributed by atoms with van der Waals surface area (Å²) in [6.07, 6.45) is 0.903. The summed E-state index contributed by atoms with van der Waals surface area (Å²) >= 11 is 0. The normalized spacial score (nSPS) is 11.0. The second-order valence-electron chi connectivity index (χ2n) is 6.22. The first kappa shape index (κ1) is 17.9. The van der Waals surface area contributed by atoms with Crippen molar-refractivity contribution in [2.24, 2.45) is 0 Å². The van der Waals surface area contributed by atoms with Crippen molar-refractivity contribution in [2.45, 2.75) is 32.7 Å². The fourth-order valence-corrected chi connectivity index (χ4v) is 1.84. The number of nitrogens with one attached hydrogen (secondary N) is 2. The number of carbonyl (C=O) groups excluding carboxylic acids is 1. The number of hydrogen-bond acceptors (Lipinski definition) is 4. The van der Waals surface area contributed by atoms with Gasteiger partial charge in [-0.3, -0.25) is 14.9 Å². The van der Waals surface area contributed by atoms with Gasteiger partial charge in [-0.25, -0.2) is 0 Å². The molecule has 1 rings (SSSR count). The number of nitro benzene ring substituents is 1. The number of rotatable bonds is 8. The van der Waals surface area contributed by atoms with Crippen LogP contribution in [0.3, 0.4) is 0 Å². The molecule has 0 spiro atoms. The zero-order chi connectivity index (χ0) is 16.6. The van der Waals surface area contributed by atoms with Crippen LogP contribution in [0.15, 0.2) is 24.3 Å². The number of nitro groups is 1. The van der Waals surface area contributed by atoms with Gasteiger partial charge in [0.15, 0.2) is 0 Å². The van der Waals surface area contributed by atoms with Crippen LogP contribution in [0.5, 0.6) is 0 Å². The van der Waals surface area contributed by atoms with Crippen LogP contribution in [0, 0.1) is 10.1 Å². The van der Waals surface area contributed by atoms with Gasteiger partial charge in [-0.15, -0.1) is 0 Å². The first-order valence-electron chi connectivity index (χ1n) is 7.37. The summed E-state index contributed by atoms with van der Waals surface area (Å²) in [7, 11) is 0. The molecule has 0 saturated heterocycles. The Kier molecular flexibility index (Phi) is 6.78. The predicted octanol–water partition coefficient (Wildman–Crippen LogP) is 0.875. The Morgan fingerprint density at radius 3 is 2.73 bits per heavy atom. The molecule has 0 atom stereocenters. The maximum atomic E-state index is 11.7. The summed E-state index contributed by atoms with van der Waals surface area (Å²) in [5.41, 5.74) is 0.765. The van der Waals surface area contributed by atoms with Crippen LogP contribution in [0.2, 0.25) is 0 Å². The summed E-state index contributed by atoms with van der Waals surface area (Å²) in [6.45, 7) is 8.13. The molecule has 0 aliphatic rings. The summed E-state index contributed by atoms with van der Waals surface area (Å²) in [5.74, 6) is -0.123. The smallest absolute Gasteiger partial charge is 0.271 e. The van der Waals surface area contributed by atoms with E-state index in [1.54, 1.807) is 12.1 Å². The van der Waals surface area contributed by atoms with Crippen molar-refractivity contribution in [3.63, 3.8) is 0 Å². The lowest BCUT2D eigenvalue weighted by atomic mass is 10.1. The van der Waals surface area contributed by atoms with Gasteiger partial charge >= 0.3 is 0 Å². The number of amides is 1. The van der Waals surface area contributed by atoms with E-state index in [9.17, 15) is 14.9 Å². The minimum absolute atomic E-state index is 0.00289.